The first-order chi connectivity index (χ1) is 8.10. The van der Waals surface area contributed by atoms with Crippen molar-refractivity contribution in [3.05, 3.63) is 30.3 Å². The first-order valence-electron chi connectivity index (χ1n) is 5.02. The minimum Gasteiger partial charge on any atom is -0.422 e. The summed E-state index contributed by atoms with van der Waals surface area (Å²) >= 11 is 17.2. The number of alkyl halides is 2. The van der Waals surface area contributed by atoms with E-state index < -0.39 is 6.87 Å². The van der Waals surface area contributed by atoms with E-state index in [0.717, 1.165) is 0 Å². The largest absolute Gasteiger partial charge is 0.422 e. The number of para-hydroxylation sites is 1. The highest BCUT2D eigenvalue weighted by atomic mass is 35.7. The zero-order chi connectivity index (χ0) is 12.7. The van der Waals surface area contributed by atoms with Crippen molar-refractivity contribution >= 4 is 41.3 Å². The third kappa shape index (κ3) is 5.07. The van der Waals surface area contributed by atoms with Crippen molar-refractivity contribution in [2.24, 2.45) is 0 Å². The lowest BCUT2D eigenvalue weighted by Crippen LogP contribution is -2.25. The molecule has 1 unspecified atom stereocenters. The van der Waals surface area contributed by atoms with Gasteiger partial charge in [-0.05, 0) is 12.1 Å². The smallest absolute Gasteiger partial charge is 0.411 e. The molecule has 1 aromatic rings. The Bertz CT molecular complexity index is 371. The maximum Gasteiger partial charge on any atom is 0.411 e. The Labute approximate surface area is 116 Å². The van der Waals surface area contributed by atoms with E-state index in [0.29, 0.717) is 30.6 Å². The van der Waals surface area contributed by atoms with Gasteiger partial charge in [0.25, 0.3) is 0 Å². The molecule has 17 heavy (non-hydrogen) atoms. The van der Waals surface area contributed by atoms with Crippen molar-refractivity contribution in [3.63, 3.8) is 0 Å². The summed E-state index contributed by atoms with van der Waals surface area (Å²) in [6.07, 6.45) is 0. The molecular formula is C10H13Cl3NO2P. The maximum absolute atomic E-state index is 12.2. The van der Waals surface area contributed by atoms with E-state index >= 15 is 0 Å². The number of hydrogen-bond acceptors (Lipinski definition) is 2. The fraction of sp³-hybridized carbons (Fsp3) is 0.400. The number of hydrogen-bond donors (Lipinski definition) is 0. The van der Waals surface area contributed by atoms with E-state index in [1.807, 2.05) is 6.07 Å². The minimum atomic E-state index is -3.42. The lowest BCUT2D eigenvalue weighted by atomic mass is 10.3. The molecule has 0 N–H and O–H groups in total. The van der Waals surface area contributed by atoms with E-state index in [9.17, 15) is 4.57 Å². The maximum atomic E-state index is 12.2. The number of rotatable bonds is 7. The lowest BCUT2D eigenvalue weighted by molar-refractivity contribution is 0.389. The molecule has 1 aromatic carbocycles. The molecule has 0 fully saturated rings. The molecule has 1 atom stereocenters. The van der Waals surface area contributed by atoms with E-state index in [4.69, 9.17) is 39.0 Å². The Hall–Kier alpha value is 0.0800. The lowest BCUT2D eigenvalue weighted by Gasteiger charge is -2.25. The summed E-state index contributed by atoms with van der Waals surface area (Å²) in [5.74, 6) is 1.08. The molecule has 7 heteroatoms. The minimum absolute atomic E-state index is 0.311. The Kier molecular flexibility index (Phi) is 6.68. The molecule has 96 valence electrons. The van der Waals surface area contributed by atoms with Crippen LogP contribution >= 0.6 is 41.3 Å². The first kappa shape index (κ1) is 15.1. The monoisotopic (exact) mass is 315 g/mol. The van der Waals surface area contributed by atoms with Crippen LogP contribution in [0.5, 0.6) is 5.75 Å². The van der Waals surface area contributed by atoms with E-state index in [1.165, 1.54) is 4.67 Å². The fourth-order valence-corrected chi connectivity index (χ4v) is 3.73. The van der Waals surface area contributed by atoms with Gasteiger partial charge in [0, 0.05) is 36.1 Å². The zero-order valence-electron chi connectivity index (χ0n) is 9.06. The molecule has 0 saturated carbocycles. The van der Waals surface area contributed by atoms with Crippen LogP contribution in [0.1, 0.15) is 0 Å². The average Bonchev–Trinajstić information content (AvgIpc) is 2.29. The summed E-state index contributed by atoms with van der Waals surface area (Å²) in [4.78, 5) is 0. The predicted molar refractivity (Wildman–Crippen MR) is 73.5 cm³/mol. The number of nitrogens with zero attached hydrogens (tertiary/aromatic N) is 1. The molecule has 0 heterocycles. The molecule has 0 spiro atoms. The van der Waals surface area contributed by atoms with Gasteiger partial charge in [-0.25, -0.2) is 9.24 Å². The summed E-state index contributed by atoms with van der Waals surface area (Å²) in [7, 11) is 0. The van der Waals surface area contributed by atoms with Gasteiger partial charge in [-0.2, -0.15) is 0 Å². The molecule has 0 aromatic heterocycles. The highest BCUT2D eigenvalue weighted by Crippen LogP contribution is 2.55. The quantitative estimate of drug-likeness (QED) is 0.558. The second kappa shape index (κ2) is 7.50. The van der Waals surface area contributed by atoms with Crippen LogP contribution in [-0.4, -0.2) is 29.5 Å². The predicted octanol–water partition coefficient (Wildman–Crippen LogP) is 4.19. The Morgan fingerprint density at radius 1 is 1.12 bits per heavy atom. The fourth-order valence-electron chi connectivity index (χ4n) is 1.21. The van der Waals surface area contributed by atoms with E-state index in [-0.39, 0.29) is 0 Å². The summed E-state index contributed by atoms with van der Waals surface area (Å²) < 4.78 is 19.0. The highest BCUT2D eigenvalue weighted by molar-refractivity contribution is 7.83. The second-order valence-electron chi connectivity index (χ2n) is 3.19. The van der Waals surface area contributed by atoms with E-state index in [1.54, 1.807) is 24.3 Å². The van der Waals surface area contributed by atoms with Crippen LogP contribution in [0.15, 0.2) is 30.3 Å². The SMILES string of the molecule is O=P(Cl)(Oc1ccccc1)N(CCCl)CCCl. The topological polar surface area (TPSA) is 29.5 Å². The summed E-state index contributed by atoms with van der Waals surface area (Å²) in [6, 6.07) is 8.77. The van der Waals surface area contributed by atoms with Gasteiger partial charge in [-0.3, -0.25) is 0 Å². The van der Waals surface area contributed by atoms with Gasteiger partial charge in [0.2, 0.25) is 0 Å². The third-order valence-corrected chi connectivity index (χ3v) is 4.68. The molecule has 0 aliphatic heterocycles. The van der Waals surface area contributed by atoms with Crippen molar-refractivity contribution in [2.75, 3.05) is 24.8 Å². The normalized spacial score (nSPS) is 14.6. The standard InChI is InChI=1S/C10H13Cl3NO2P/c11-6-8-14(9-7-12)17(13,15)16-10-4-2-1-3-5-10/h1-5H,6-9H2. The van der Waals surface area contributed by atoms with Gasteiger partial charge in [0.1, 0.15) is 5.75 Å². The van der Waals surface area contributed by atoms with Crippen LogP contribution in [-0.2, 0) is 4.57 Å². The van der Waals surface area contributed by atoms with Crippen LogP contribution < -0.4 is 4.52 Å². The molecule has 0 aliphatic rings. The molecule has 0 amide bonds. The molecular weight excluding hydrogens is 303 g/mol. The third-order valence-electron chi connectivity index (χ3n) is 1.98. The second-order valence-corrected chi connectivity index (χ2v) is 6.88. The summed E-state index contributed by atoms with van der Waals surface area (Å²) in [5, 5.41) is 0. The van der Waals surface area contributed by atoms with Crippen LogP contribution in [0.4, 0.5) is 0 Å². The molecule has 0 radical (unpaired) electrons. The Morgan fingerprint density at radius 3 is 2.12 bits per heavy atom. The molecule has 0 aliphatic carbocycles. The van der Waals surface area contributed by atoms with Crippen LogP contribution in [0, 0.1) is 0 Å². The Morgan fingerprint density at radius 2 is 1.65 bits per heavy atom. The van der Waals surface area contributed by atoms with Gasteiger partial charge >= 0.3 is 6.87 Å². The van der Waals surface area contributed by atoms with Crippen molar-refractivity contribution < 1.29 is 9.09 Å². The first-order valence-corrected chi connectivity index (χ1v) is 8.57. The highest BCUT2D eigenvalue weighted by Gasteiger charge is 2.30. The Balaban J connectivity index is 2.74. The van der Waals surface area contributed by atoms with Crippen LogP contribution in [0.25, 0.3) is 0 Å². The number of halogens is 3. The van der Waals surface area contributed by atoms with Gasteiger partial charge < -0.3 is 4.52 Å². The average molecular weight is 317 g/mol. The molecule has 0 bridgehead atoms. The number of benzene rings is 1. The van der Waals surface area contributed by atoms with E-state index in [2.05, 4.69) is 0 Å². The van der Waals surface area contributed by atoms with Gasteiger partial charge in [-0.1, -0.05) is 18.2 Å². The summed E-state index contributed by atoms with van der Waals surface area (Å²) in [6.45, 7) is -2.69. The van der Waals surface area contributed by atoms with Gasteiger partial charge in [0.05, 0.1) is 0 Å². The van der Waals surface area contributed by atoms with Crippen molar-refractivity contribution in [1.29, 1.82) is 0 Å². The van der Waals surface area contributed by atoms with Crippen LogP contribution in [0.3, 0.4) is 0 Å². The van der Waals surface area contributed by atoms with Crippen molar-refractivity contribution in [3.8, 4) is 5.75 Å². The molecule has 1 rings (SSSR count). The van der Waals surface area contributed by atoms with Crippen molar-refractivity contribution in [2.45, 2.75) is 0 Å². The van der Waals surface area contributed by atoms with Crippen molar-refractivity contribution in [1.82, 2.24) is 4.67 Å². The van der Waals surface area contributed by atoms with Crippen LogP contribution in [0.2, 0.25) is 0 Å². The molecule has 0 saturated heterocycles. The van der Waals surface area contributed by atoms with Gasteiger partial charge in [-0.15, -0.1) is 23.2 Å². The molecule has 3 nitrogen and oxygen atoms in total. The van der Waals surface area contributed by atoms with Gasteiger partial charge in [0.15, 0.2) is 0 Å². The zero-order valence-corrected chi connectivity index (χ0v) is 12.2. The summed E-state index contributed by atoms with van der Waals surface area (Å²) in [5.41, 5.74) is 0.